The molecule has 3 aromatic heterocycles. The standard InChI is InChI=1S/C22H19FN2O4S/c1-3-4-18-24-20-19(16(12-30-20)13-5-7-14(23)8-6-13)21(26)25(18)11-15-9-10-17(29-15)22(27)28-2/h5-10,12H,3-4,11H2,1-2H3. The van der Waals surface area contributed by atoms with Crippen LogP contribution < -0.4 is 5.56 Å². The second kappa shape index (κ2) is 8.23. The molecule has 6 nitrogen and oxygen atoms in total. The SMILES string of the molecule is CCCc1nc2scc(-c3ccc(F)cc3)c2c(=O)n1Cc1ccc(C(=O)OC)o1. The van der Waals surface area contributed by atoms with E-state index in [1.165, 1.54) is 36.6 Å². The molecular weight excluding hydrogens is 407 g/mol. The number of furan rings is 1. The molecule has 0 atom stereocenters. The highest BCUT2D eigenvalue weighted by atomic mass is 32.1. The summed E-state index contributed by atoms with van der Waals surface area (Å²) in [5.74, 6) is 0.271. The summed E-state index contributed by atoms with van der Waals surface area (Å²) in [4.78, 5) is 30.5. The minimum atomic E-state index is -0.576. The number of ether oxygens (including phenoxy) is 1. The van der Waals surface area contributed by atoms with E-state index in [4.69, 9.17) is 9.40 Å². The minimum Gasteiger partial charge on any atom is -0.463 e. The van der Waals surface area contributed by atoms with Crippen molar-refractivity contribution in [3.05, 3.63) is 75.3 Å². The Hall–Kier alpha value is -3.26. The van der Waals surface area contributed by atoms with Gasteiger partial charge in [0.1, 0.15) is 22.2 Å². The first-order chi connectivity index (χ1) is 14.5. The first-order valence-corrected chi connectivity index (χ1v) is 10.3. The lowest BCUT2D eigenvalue weighted by Gasteiger charge is -2.11. The highest BCUT2D eigenvalue weighted by Crippen LogP contribution is 2.31. The number of fused-ring (bicyclic) bond motifs is 1. The van der Waals surface area contributed by atoms with Crippen LogP contribution in [0.25, 0.3) is 21.3 Å². The molecule has 30 heavy (non-hydrogen) atoms. The molecule has 4 aromatic rings. The maximum atomic E-state index is 13.5. The number of carbonyl (C=O) groups excluding carboxylic acids is 1. The normalized spacial score (nSPS) is 11.2. The Balaban J connectivity index is 1.83. The number of hydrogen-bond acceptors (Lipinski definition) is 6. The van der Waals surface area contributed by atoms with E-state index in [1.54, 1.807) is 22.8 Å². The number of aryl methyl sites for hydroxylation is 1. The molecular formula is C22H19FN2O4S. The Kier molecular flexibility index (Phi) is 5.50. The van der Waals surface area contributed by atoms with Crippen LogP contribution in [0.3, 0.4) is 0 Å². The molecule has 3 heterocycles. The fraction of sp³-hybridized carbons (Fsp3) is 0.227. The zero-order chi connectivity index (χ0) is 21.3. The lowest BCUT2D eigenvalue weighted by Crippen LogP contribution is -2.25. The molecule has 0 aliphatic heterocycles. The molecule has 0 aliphatic rings. The van der Waals surface area contributed by atoms with Gasteiger partial charge in [0.25, 0.3) is 5.56 Å². The molecule has 0 saturated carbocycles. The Morgan fingerprint density at radius 3 is 2.70 bits per heavy atom. The quantitative estimate of drug-likeness (QED) is 0.420. The van der Waals surface area contributed by atoms with Crippen molar-refractivity contribution in [3.63, 3.8) is 0 Å². The van der Waals surface area contributed by atoms with Crippen molar-refractivity contribution in [2.45, 2.75) is 26.3 Å². The molecule has 4 rings (SSSR count). The van der Waals surface area contributed by atoms with Crippen LogP contribution >= 0.6 is 11.3 Å². The molecule has 0 fully saturated rings. The fourth-order valence-electron chi connectivity index (χ4n) is 3.31. The Morgan fingerprint density at radius 2 is 2.00 bits per heavy atom. The van der Waals surface area contributed by atoms with Crippen LogP contribution in [0.1, 0.15) is 35.5 Å². The van der Waals surface area contributed by atoms with E-state index < -0.39 is 5.97 Å². The van der Waals surface area contributed by atoms with Gasteiger partial charge in [-0.25, -0.2) is 14.2 Å². The second-order valence-electron chi connectivity index (χ2n) is 6.76. The summed E-state index contributed by atoms with van der Waals surface area (Å²) in [6.45, 7) is 2.16. The van der Waals surface area contributed by atoms with Crippen LogP contribution in [-0.4, -0.2) is 22.6 Å². The van der Waals surface area contributed by atoms with Crippen LogP contribution in [0.2, 0.25) is 0 Å². The van der Waals surface area contributed by atoms with Crippen LogP contribution in [0.5, 0.6) is 0 Å². The van der Waals surface area contributed by atoms with Gasteiger partial charge >= 0.3 is 5.97 Å². The number of benzene rings is 1. The van der Waals surface area contributed by atoms with Crippen LogP contribution in [0.4, 0.5) is 4.39 Å². The number of nitrogens with zero attached hydrogens (tertiary/aromatic N) is 2. The predicted octanol–water partition coefficient (Wildman–Crippen LogP) is 4.64. The van der Waals surface area contributed by atoms with Gasteiger partial charge in [0.15, 0.2) is 0 Å². The van der Waals surface area contributed by atoms with Crippen LogP contribution in [0.15, 0.2) is 51.0 Å². The summed E-state index contributed by atoms with van der Waals surface area (Å²) in [6, 6.07) is 9.20. The van der Waals surface area contributed by atoms with E-state index in [0.717, 1.165) is 17.5 Å². The van der Waals surface area contributed by atoms with E-state index in [2.05, 4.69) is 4.74 Å². The number of methoxy groups -OCH3 is 1. The summed E-state index contributed by atoms with van der Waals surface area (Å²) < 4.78 is 25.1. The molecule has 8 heteroatoms. The third-order valence-corrected chi connectivity index (χ3v) is 5.64. The van der Waals surface area contributed by atoms with Crippen molar-refractivity contribution in [2.75, 3.05) is 7.11 Å². The average Bonchev–Trinajstić information content (AvgIpc) is 3.38. The molecule has 0 unspecified atom stereocenters. The number of esters is 1. The van der Waals surface area contributed by atoms with E-state index in [1.807, 2.05) is 12.3 Å². The van der Waals surface area contributed by atoms with Gasteiger partial charge in [0.2, 0.25) is 5.76 Å². The van der Waals surface area contributed by atoms with Crippen molar-refractivity contribution in [3.8, 4) is 11.1 Å². The van der Waals surface area contributed by atoms with Crippen molar-refractivity contribution in [2.24, 2.45) is 0 Å². The average molecular weight is 426 g/mol. The number of thiophene rings is 1. The zero-order valence-corrected chi connectivity index (χ0v) is 17.3. The number of halogens is 1. The first kappa shape index (κ1) is 20.0. The summed E-state index contributed by atoms with van der Waals surface area (Å²) in [6.07, 6.45) is 1.44. The van der Waals surface area contributed by atoms with E-state index >= 15 is 0 Å². The highest BCUT2D eigenvalue weighted by molar-refractivity contribution is 7.17. The van der Waals surface area contributed by atoms with E-state index in [-0.39, 0.29) is 23.7 Å². The van der Waals surface area contributed by atoms with Crippen LogP contribution in [-0.2, 0) is 17.7 Å². The summed E-state index contributed by atoms with van der Waals surface area (Å²) in [7, 11) is 1.28. The lowest BCUT2D eigenvalue weighted by molar-refractivity contribution is 0.0563. The maximum absolute atomic E-state index is 13.5. The molecule has 0 N–H and O–H groups in total. The molecule has 154 valence electrons. The number of rotatable bonds is 6. The topological polar surface area (TPSA) is 74.3 Å². The van der Waals surface area contributed by atoms with Gasteiger partial charge in [0.05, 0.1) is 19.0 Å². The van der Waals surface area contributed by atoms with E-state index in [9.17, 15) is 14.0 Å². The van der Waals surface area contributed by atoms with E-state index in [0.29, 0.717) is 28.2 Å². The Bertz CT molecular complexity index is 1270. The summed E-state index contributed by atoms with van der Waals surface area (Å²) in [5.41, 5.74) is 1.28. The van der Waals surface area contributed by atoms with Crippen molar-refractivity contribution in [1.29, 1.82) is 0 Å². The smallest absolute Gasteiger partial charge is 0.373 e. The maximum Gasteiger partial charge on any atom is 0.373 e. The number of carbonyl (C=O) groups is 1. The third kappa shape index (κ3) is 3.66. The number of hydrogen-bond donors (Lipinski definition) is 0. The summed E-state index contributed by atoms with van der Waals surface area (Å²) in [5, 5.41) is 2.36. The Morgan fingerprint density at radius 1 is 1.23 bits per heavy atom. The fourth-order valence-corrected chi connectivity index (χ4v) is 4.27. The molecule has 1 aromatic carbocycles. The second-order valence-corrected chi connectivity index (χ2v) is 7.62. The van der Waals surface area contributed by atoms with Crippen molar-refractivity contribution >= 4 is 27.5 Å². The van der Waals surface area contributed by atoms with Gasteiger partial charge < -0.3 is 9.15 Å². The van der Waals surface area contributed by atoms with Gasteiger partial charge in [-0.2, -0.15) is 0 Å². The Labute approximate surface area is 175 Å². The molecule has 0 radical (unpaired) electrons. The third-order valence-electron chi connectivity index (χ3n) is 4.76. The van der Waals surface area contributed by atoms with Crippen LogP contribution in [0, 0.1) is 5.82 Å². The molecule has 0 saturated heterocycles. The van der Waals surface area contributed by atoms with Gasteiger partial charge in [-0.1, -0.05) is 19.1 Å². The summed E-state index contributed by atoms with van der Waals surface area (Å²) >= 11 is 1.39. The highest BCUT2D eigenvalue weighted by Gasteiger charge is 2.19. The molecule has 0 bridgehead atoms. The largest absolute Gasteiger partial charge is 0.463 e. The van der Waals surface area contributed by atoms with Crippen molar-refractivity contribution < 1.29 is 18.3 Å². The lowest BCUT2D eigenvalue weighted by atomic mass is 10.1. The van der Waals surface area contributed by atoms with Gasteiger partial charge in [-0.05, 0) is 36.2 Å². The minimum absolute atomic E-state index is 0.0779. The monoisotopic (exact) mass is 426 g/mol. The molecule has 0 spiro atoms. The zero-order valence-electron chi connectivity index (χ0n) is 16.5. The number of aromatic nitrogens is 2. The van der Waals surface area contributed by atoms with Gasteiger partial charge in [-0.3, -0.25) is 9.36 Å². The predicted molar refractivity (Wildman–Crippen MR) is 112 cm³/mol. The van der Waals surface area contributed by atoms with Crippen molar-refractivity contribution in [1.82, 2.24) is 9.55 Å². The molecule has 0 amide bonds. The van der Waals surface area contributed by atoms with Gasteiger partial charge in [0, 0.05) is 17.4 Å². The first-order valence-electron chi connectivity index (χ1n) is 9.45. The molecule has 0 aliphatic carbocycles. The van der Waals surface area contributed by atoms with Gasteiger partial charge in [-0.15, -0.1) is 11.3 Å².